The van der Waals surface area contributed by atoms with Gasteiger partial charge in [0.2, 0.25) is 11.7 Å². The molecule has 0 saturated heterocycles. The van der Waals surface area contributed by atoms with Crippen LogP contribution in [0.25, 0.3) is 10.2 Å². The van der Waals surface area contributed by atoms with Crippen molar-refractivity contribution in [2.24, 2.45) is 0 Å². The van der Waals surface area contributed by atoms with Gasteiger partial charge in [-0.3, -0.25) is 9.59 Å². The summed E-state index contributed by atoms with van der Waals surface area (Å²) in [5, 5.41) is 5.78. The van der Waals surface area contributed by atoms with Gasteiger partial charge in [-0.1, -0.05) is 23.5 Å². The largest absolute Gasteiger partial charge is 0.493 e. The molecule has 3 rings (SSSR count). The second-order valence-corrected chi connectivity index (χ2v) is 7.12. The number of fused-ring (bicyclic) bond motifs is 1. The molecule has 2 N–H and O–H groups in total. The van der Waals surface area contributed by atoms with Crippen LogP contribution in [-0.2, 0) is 4.79 Å². The molecule has 1 heterocycles. The molecule has 0 saturated carbocycles. The fourth-order valence-corrected chi connectivity index (χ4v) is 3.74. The van der Waals surface area contributed by atoms with Crippen LogP contribution in [0.4, 0.5) is 5.13 Å². The number of carbonyl (C=O) groups is 2. The van der Waals surface area contributed by atoms with Crippen LogP contribution in [0.1, 0.15) is 15.9 Å². The van der Waals surface area contributed by atoms with Crippen LogP contribution in [-0.4, -0.2) is 44.7 Å². The molecule has 0 atom stereocenters. The first kappa shape index (κ1) is 20.4. The maximum atomic E-state index is 12.5. The first-order valence-electron chi connectivity index (χ1n) is 8.71. The van der Waals surface area contributed by atoms with E-state index < -0.39 is 5.91 Å². The molecule has 0 aliphatic heterocycles. The molecule has 2 aromatic carbocycles. The molecule has 8 nitrogen and oxygen atoms in total. The summed E-state index contributed by atoms with van der Waals surface area (Å²) in [6.07, 6.45) is 0. The number of rotatable bonds is 7. The van der Waals surface area contributed by atoms with Gasteiger partial charge < -0.3 is 24.8 Å². The molecular weight excluding hydrogens is 394 g/mol. The Labute approximate surface area is 171 Å². The van der Waals surface area contributed by atoms with Gasteiger partial charge in [0.25, 0.3) is 5.91 Å². The standard InChI is InChI=1S/C20H21N3O5S/c1-11-6-5-7-15-17(11)23-20(29-15)22-16(24)10-21-19(25)12-8-13(26-2)18(28-4)14(9-12)27-3/h5-9H,10H2,1-4H3,(H,21,25)(H,22,23,24). The van der Waals surface area contributed by atoms with Crippen molar-refractivity contribution < 1.29 is 23.8 Å². The van der Waals surface area contributed by atoms with E-state index in [2.05, 4.69) is 15.6 Å². The van der Waals surface area contributed by atoms with Crippen molar-refractivity contribution in [1.82, 2.24) is 10.3 Å². The topological polar surface area (TPSA) is 98.8 Å². The maximum Gasteiger partial charge on any atom is 0.251 e. The van der Waals surface area contributed by atoms with E-state index in [0.717, 1.165) is 15.8 Å². The van der Waals surface area contributed by atoms with Gasteiger partial charge in [-0.25, -0.2) is 4.98 Å². The molecule has 0 aliphatic carbocycles. The third kappa shape index (κ3) is 4.40. The van der Waals surface area contributed by atoms with Crippen molar-refractivity contribution in [3.05, 3.63) is 41.5 Å². The highest BCUT2D eigenvalue weighted by atomic mass is 32.1. The molecule has 0 unspecified atom stereocenters. The zero-order chi connectivity index (χ0) is 21.0. The molecule has 0 aliphatic rings. The van der Waals surface area contributed by atoms with Gasteiger partial charge in [-0.15, -0.1) is 0 Å². The van der Waals surface area contributed by atoms with Gasteiger partial charge in [0.15, 0.2) is 16.6 Å². The highest BCUT2D eigenvalue weighted by Crippen LogP contribution is 2.38. The Kier molecular flexibility index (Phi) is 6.18. The van der Waals surface area contributed by atoms with E-state index in [-0.39, 0.29) is 18.0 Å². The fraction of sp³-hybridized carbons (Fsp3) is 0.250. The van der Waals surface area contributed by atoms with Crippen molar-refractivity contribution in [2.75, 3.05) is 33.2 Å². The highest BCUT2D eigenvalue weighted by molar-refractivity contribution is 7.22. The smallest absolute Gasteiger partial charge is 0.251 e. The zero-order valence-electron chi connectivity index (χ0n) is 16.5. The number of benzene rings is 2. The van der Waals surface area contributed by atoms with E-state index in [1.54, 1.807) is 0 Å². The Bertz CT molecular complexity index is 1040. The molecular formula is C20H21N3O5S. The Morgan fingerprint density at radius 3 is 2.34 bits per heavy atom. The number of thiazole rings is 1. The lowest BCUT2D eigenvalue weighted by molar-refractivity contribution is -0.115. The number of amides is 2. The predicted molar refractivity (Wildman–Crippen MR) is 111 cm³/mol. The van der Waals surface area contributed by atoms with Gasteiger partial charge in [0, 0.05) is 5.56 Å². The zero-order valence-corrected chi connectivity index (χ0v) is 17.3. The maximum absolute atomic E-state index is 12.5. The van der Waals surface area contributed by atoms with E-state index >= 15 is 0 Å². The third-order valence-electron chi connectivity index (χ3n) is 4.20. The van der Waals surface area contributed by atoms with Crippen molar-refractivity contribution in [3.63, 3.8) is 0 Å². The molecule has 0 spiro atoms. The number of hydrogen-bond acceptors (Lipinski definition) is 7. The van der Waals surface area contributed by atoms with E-state index in [4.69, 9.17) is 14.2 Å². The lowest BCUT2D eigenvalue weighted by Gasteiger charge is -2.14. The molecule has 0 bridgehead atoms. The average Bonchev–Trinajstić information content (AvgIpc) is 3.14. The molecule has 2 amide bonds. The summed E-state index contributed by atoms with van der Waals surface area (Å²) in [5.74, 6) is 0.273. The van der Waals surface area contributed by atoms with Crippen molar-refractivity contribution in [3.8, 4) is 17.2 Å². The normalized spacial score (nSPS) is 10.5. The minimum absolute atomic E-state index is 0.204. The van der Waals surface area contributed by atoms with Crippen LogP contribution >= 0.6 is 11.3 Å². The molecule has 1 aromatic heterocycles. The number of nitrogens with zero attached hydrogens (tertiary/aromatic N) is 1. The number of nitrogens with one attached hydrogen (secondary N) is 2. The van der Waals surface area contributed by atoms with Crippen molar-refractivity contribution in [2.45, 2.75) is 6.92 Å². The molecule has 29 heavy (non-hydrogen) atoms. The van der Waals surface area contributed by atoms with Crippen LogP contribution in [0.2, 0.25) is 0 Å². The van der Waals surface area contributed by atoms with E-state index in [1.165, 1.54) is 44.8 Å². The number of para-hydroxylation sites is 1. The number of carbonyl (C=O) groups excluding carboxylic acids is 2. The molecule has 3 aromatic rings. The first-order valence-corrected chi connectivity index (χ1v) is 9.52. The number of anilines is 1. The van der Waals surface area contributed by atoms with E-state index in [0.29, 0.717) is 22.4 Å². The van der Waals surface area contributed by atoms with Crippen molar-refractivity contribution >= 4 is 38.5 Å². The Morgan fingerprint density at radius 2 is 1.76 bits per heavy atom. The molecule has 9 heteroatoms. The first-order chi connectivity index (χ1) is 14.0. The van der Waals surface area contributed by atoms with Gasteiger partial charge >= 0.3 is 0 Å². The van der Waals surface area contributed by atoms with Gasteiger partial charge in [0.1, 0.15) is 0 Å². The van der Waals surface area contributed by atoms with Gasteiger partial charge in [-0.05, 0) is 30.7 Å². The SMILES string of the molecule is COc1cc(C(=O)NCC(=O)Nc2nc3c(C)cccc3s2)cc(OC)c1OC. The number of ether oxygens (including phenoxy) is 3. The number of aryl methyl sites for hydroxylation is 1. The predicted octanol–water partition coefficient (Wildman–Crippen LogP) is 3.00. The third-order valence-corrected chi connectivity index (χ3v) is 5.14. The summed E-state index contributed by atoms with van der Waals surface area (Å²) in [6, 6.07) is 8.89. The van der Waals surface area contributed by atoms with Crippen molar-refractivity contribution in [1.29, 1.82) is 0 Å². The monoisotopic (exact) mass is 415 g/mol. The van der Waals surface area contributed by atoms with E-state index in [9.17, 15) is 9.59 Å². The van der Waals surface area contributed by atoms with Crippen LogP contribution in [0.3, 0.4) is 0 Å². The van der Waals surface area contributed by atoms with Crippen LogP contribution < -0.4 is 24.8 Å². The van der Waals surface area contributed by atoms with Crippen LogP contribution in [0.5, 0.6) is 17.2 Å². The number of methoxy groups -OCH3 is 3. The Hall–Kier alpha value is -3.33. The molecule has 0 radical (unpaired) electrons. The molecule has 0 fully saturated rings. The summed E-state index contributed by atoms with van der Waals surface area (Å²) in [7, 11) is 4.41. The number of hydrogen-bond donors (Lipinski definition) is 2. The quantitative estimate of drug-likeness (QED) is 0.616. The second-order valence-electron chi connectivity index (χ2n) is 6.09. The van der Waals surface area contributed by atoms with E-state index in [1.807, 2.05) is 25.1 Å². The fourth-order valence-electron chi connectivity index (χ4n) is 2.78. The lowest BCUT2D eigenvalue weighted by atomic mass is 10.1. The summed E-state index contributed by atoms with van der Waals surface area (Å²) < 4.78 is 16.7. The number of aromatic nitrogens is 1. The summed E-state index contributed by atoms with van der Waals surface area (Å²) >= 11 is 1.38. The Balaban J connectivity index is 1.66. The summed E-state index contributed by atoms with van der Waals surface area (Å²) in [4.78, 5) is 29.1. The Morgan fingerprint density at radius 1 is 1.07 bits per heavy atom. The minimum Gasteiger partial charge on any atom is -0.493 e. The summed E-state index contributed by atoms with van der Waals surface area (Å²) in [6.45, 7) is 1.76. The highest BCUT2D eigenvalue weighted by Gasteiger charge is 2.18. The minimum atomic E-state index is -0.445. The van der Waals surface area contributed by atoms with Gasteiger partial charge in [-0.2, -0.15) is 0 Å². The van der Waals surface area contributed by atoms with Crippen LogP contribution in [0.15, 0.2) is 30.3 Å². The lowest BCUT2D eigenvalue weighted by Crippen LogP contribution is -2.32. The van der Waals surface area contributed by atoms with Gasteiger partial charge in [0.05, 0.1) is 38.1 Å². The second kappa shape index (κ2) is 8.78. The summed E-state index contributed by atoms with van der Waals surface area (Å²) in [5.41, 5.74) is 2.17. The molecule has 152 valence electrons. The average molecular weight is 415 g/mol. The van der Waals surface area contributed by atoms with Crippen LogP contribution in [0, 0.1) is 6.92 Å².